The zero-order valence-corrected chi connectivity index (χ0v) is 19.1. The molecule has 1 aliphatic heterocycles. The smallest absolute Gasteiger partial charge is 0.433 e. The van der Waals surface area contributed by atoms with Crippen LogP contribution in [0.4, 0.5) is 18.9 Å². The van der Waals surface area contributed by atoms with Crippen molar-refractivity contribution < 1.29 is 37.3 Å². The first-order valence-corrected chi connectivity index (χ1v) is 10.6. The molecular weight excluding hydrogens is 479 g/mol. The molecule has 3 rings (SSSR count). The van der Waals surface area contributed by atoms with Gasteiger partial charge in [0.25, 0.3) is 5.91 Å². The molecule has 184 valence electrons. The predicted molar refractivity (Wildman–Crippen MR) is 117 cm³/mol. The van der Waals surface area contributed by atoms with E-state index >= 15 is 0 Å². The Morgan fingerprint density at radius 1 is 1.32 bits per heavy atom. The van der Waals surface area contributed by atoms with Crippen molar-refractivity contribution in [3.05, 3.63) is 52.3 Å². The van der Waals surface area contributed by atoms with Crippen molar-refractivity contribution >= 4 is 29.2 Å². The maximum atomic E-state index is 13.1. The molecule has 1 aromatic carbocycles. The van der Waals surface area contributed by atoms with E-state index in [1.807, 2.05) is 0 Å². The Morgan fingerprint density at radius 3 is 2.56 bits per heavy atom. The zero-order chi connectivity index (χ0) is 25.1. The third-order valence-electron chi connectivity index (χ3n) is 5.44. The molecule has 12 heteroatoms. The number of carboxylic acid groups (broad SMARTS) is 1. The third-order valence-corrected chi connectivity index (χ3v) is 5.76. The van der Waals surface area contributed by atoms with Gasteiger partial charge in [0.2, 0.25) is 0 Å². The van der Waals surface area contributed by atoms with Gasteiger partial charge in [-0.2, -0.15) is 13.2 Å². The average molecular weight is 502 g/mol. The van der Waals surface area contributed by atoms with E-state index in [1.165, 1.54) is 25.3 Å². The molecule has 0 saturated carbocycles. The standard InChI is InChI=1S/C22H23ClF3N3O5/c1-12(14-6-18(22(24,25)26)27-8-17(14)33-2)29-16-4-3-13(5-15(16)23)20(32)28-9-21(7-19(30)31)10-34-11-21/h3-6,8,12,29H,7,9-11H2,1-2H3,(H,28,32)(H,30,31)/t12-/m0/s1. The summed E-state index contributed by atoms with van der Waals surface area (Å²) < 4.78 is 49.5. The van der Waals surface area contributed by atoms with E-state index in [-0.39, 0.29) is 48.1 Å². The third kappa shape index (κ3) is 5.89. The summed E-state index contributed by atoms with van der Waals surface area (Å²) >= 11 is 6.32. The number of halogens is 4. The van der Waals surface area contributed by atoms with E-state index in [0.717, 1.165) is 12.3 Å². The lowest BCUT2D eigenvalue weighted by Crippen LogP contribution is -2.52. The molecule has 3 N–H and O–H groups in total. The van der Waals surface area contributed by atoms with Crippen molar-refractivity contribution in [1.29, 1.82) is 0 Å². The van der Waals surface area contributed by atoms with Crippen LogP contribution in [0.3, 0.4) is 0 Å². The lowest BCUT2D eigenvalue weighted by Gasteiger charge is -2.40. The number of hydrogen-bond acceptors (Lipinski definition) is 6. The van der Waals surface area contributed by atoms with Crippen LogP contribution in [0.15, 0.2) is 30.5 Å². The van der Waals surface area contributed by atoms with Crippen LogP contribution < -0.4 is 15.4 Å². The minimum atomic E-state index is -4.61. The predicted octanol–water partition coefficient (Wildman–Crippen LogP) is 4.16. The van der Waals surface area contributed by atoms with Gasteiger partial charge in [0.1, 0.15) is 11.4 Å². The molecule has 1 saturated heterocycles. The van der Waals surface area contributed by atoms with Crippen LogP contribution in [-0.2, 0) is 15.7 Å². The number of aromatic nitrogens is 1. The van der Waals surface area contributed by atoms with E-state index < -0.39 is 35.2 Å². The topological polar surface area (TPSA) is 110 Å². The molecule has 2 heterocycles. The quantitative estimate of drug-likeness (QED) is 0.473. The molecule has 0 bridgehead atoms. The minimum Gasteiger partial charge on any atom is -0.495 e. The molecule has 1 aromatic heterocycles. The van der Waals surface area contributed by atoms with Crippen LogP contribution in [0.25, 0.3) is 0 Å². The molecule has 34 heavy (non-hydrogen) atoms. The van der Waals surface area contributed by atoms with Gasteiger partial charge < -0.3 is 25.2 Å². The van der Waals surface area contributed by atoms with E-state index in [2.05, 4.69) is 15.6 Å². The number of methoxy groups -OCH3 is 1. The molecule has 2 aromatic rings. The normalized spacial score (nSPS) is 15.7. The molecule has 8 nitrogen and oxygen atoms in total. The summed E-state index contributed by atoms with van der Waals surface area (Å²) in [5.41, 5.74) is -0.814. The molecule has 1 atom stereocenters. The Balaban J connectivity index is 1.71. The summed E-state index contributed by atoms with van der Waals surface area (Å²) in [7, 11) is 1.33. The highest BCUT2D eigenvalue weighted by atomic mass is 35.5. The number of benzene rings is 1. The lowest BCUT2D eigenvalue weighted by atomic mass is 9.82. The molecule has 0 aliphatic carbocycles. The van der Waals surface area contributed by atoms with Crippen molar-refractivity contribution in [2.75, 3.05) is 32.2 Å². The second-order valence-electron chi connectivity index (χ2n) is 8.12. The lowest BCUT2D eigenvalue weighted by molar-refractivity contribution is -0.155. The van der Waals surface area contributed by atoms with Crippen LogP contribution in [-0.4, -0.2) is 48.8 Å². The minimum absolute atomic E-state index is 0.122. The van der Waals surface area contributed by atoms with Gasteiger partial charge in [-0.15, -0.1) is 0 Å². The van der Waals surface area contributed by atoms with E-state index in [9.17, 15) is 22.8 Å². The first-order chi connectivity index (χ1) is 15.9. The Hall–Kier alpha value is -3.05. The van der Waals surface area contributed by atoms with Crippen molar-refractivity contribution in [3.63, 3.8) is 0 Å². The van der Waals surface area contributed by atoms with Crippen LogP contribution in [0.5, 0.6) is 5.75 Å². The number of carboxylic acids is 1. The van der Waals surface area contributed by atoms with Gasteiger partial charge in [-0.3, -0.25) is 9.59 Å². The molecule has 1 aliphatic rings. The van der Waals surface area contributed by atoms with E-state index in [4.69, 9.17) is 26.2 Å². The number of anilines is 1. The number of carbonyl (C=O) groups is 2. The SMILES string of the molecule is COc1cnc(C(F)(F)F)cc1[C@H](C)Nc1ccc(C(=O)NCC2(CC(=O)O)COC2)cc1Cl. The highest BCUT2D eigenvalue weighted by Crippen LogP contribution is 2.35. The van der Waals surface area contributed by atoms with Crippen molar-refractivity contribution in [2.24, 2.45) is 5.41 Å². The number of hydrogen-bond donors (Lipinski definition) is 3. The number of nitrogens with zero attached hydrogens (tertiary/aromatic N) is 1. The maximum Gasteiger partial charge on any atom is 0.433 e. The number of rotatable bonds is 9. The highest BCUT2D eigenvalue weighted by Gasteiger charge is 2.41. The average Bonchev–Trinajstić information content (AvgIpc) is 2.75. The van der Waals surface area contributed by atoms with Gasteiger partial charge in [-0.25, -0.2) is 4.98 Å². The number of carbonyl (C=O) groups excluding carboxylic acids is 1. The van der Waals surface area contributed by atoms with Crippen LogP contribution in [0.2, 0.25) is 5.02 Å². The van der Waals surface area contributed by atoms with E-state index in [1.54, 1.807) is 6.92 Å². The fourth-order valence-electron chi connectivity index (χ4n) is 3.55. The van der Waals surface area contributed by atoms with Gasteiger partial charge in [0.15, 0.2) is 0 Å². The summed E-state index contributed by atoms with van der Waals surface area (Å²) in [5, 5.41) is 14.9. The maximum absolute atomic E-state index is 13.1. The number of nitrogens with one attached hydrogen (secondary N) is 2. The van der Waals surface area contributed by atoms with E-state index in [0.29, 0.717) is 5.69 Å². The molecular formula is C22H23ClF3N3O5. The largest absolute Gasteiger partial charge is 0.495 e. The second-order valence-corrected chi connectivity index (χ2v) is 8.52. The Kier molecular flexibility index (Phi) is 7.57. The molecule has 1 fully saturated rings. The summed E-state index contributed by atoms with van der Waals surface area (Å²) in [6.45, 7) is 2.26. The van der Waals surface area contributed by atoms with Crippen molar-refractivity contribution in [1.82, 2.24) is 10.3 Å². The molecule has 0 radical (unpaired) electrons. The van der Waals surface area contributed by atoms with Crippen molar-refractivity contribution in [2.45, 2.75) is 25.6 Å². The molecule has 0 spiro atoms. The summed E-state index contributed by atoms with van der Waals surface area (Å²) in [5.74, 6) is -1.24. The number of ether oxygens (including phenoxy) is 2. The highest BCUT2D eigenvalue weighted by molar-refractivity contribution is 6.33. The molecule has 0 unspecified atom stereocenters. The monoisotopic (exact) mass is 501 g/mol. The summed E-state index contributed by atoms with van der Waals surface area (Å²) in [4.78, 5) is 27.0. The first kappa shape index (κ1) is 25.6. The van der Waals surface area contributed by atoms with Gasteiger partial charge >= 0.3 is 12.1 Å². The Bertz CT molecular complexity index is 1080. The number of pyridine rings is 1. The number of alkyl halides is 3. The van der Waals surface area contributed by atoms with Gasteiger partial charge in [0.05, 0.1) is 49.7 Å². The van der Waals surface area contributed by atoms with Gasteiger partial charge in [-0.1, -0.05) is 11.6 Å². The van der Waals surface area contributed by atoms with Gasteiger partial charge in [-0.05, 0) is 31.2 Å². The fraction of sp³-hybridized carbons (Fsp3) is 0.409. The zero-order valence-electron chi connectivity index (χ0n) is 18.3. The van der Waals surface area contributed by atoms with Crippen LogP contribution >= 0.6 is 11.6 Å². The van der Waals surface area contributed by atoms with Crippen molar-refractivity contribution in [3.8, 4) is 5.75 Å². The number of amides is 1. The second kappa shape index (κ2) is 10.1. The number of aliphatic carboxylic acids is 1. The van der Waals surface area contributed by atoms with Crippen LogP contribution in [0, 0.1) is 5.41 Å². The molecule has 1 amide bonds. The first-order valence-electron chi connectivity index (χ1n) is 10.2. The van der Waals surface area contributed by atoms with Gasteiger partial charge in [0, 0.05) is 23.1 Å². The van der Waals surface area contributed by atoms with Crippen LogP contribution in [0.1, 0.15) is 41.0 Å². The fourth-order valence-corrected chi connectivity index (χ4v) is 3.79. The summed E-state index contributed by atoms with van der Waals surface area (Å²) in [6, 6.07) is 4.72. The summed E-state index contributed by atoms with van der Waals surface area (Å²) in [6.07, 6.45) is -3.72. The Morgan fingerprint density at radius 2 is 2.03 bits per heavy atom. The Labute approximate surface area is 198 Å².